The molecule has 0 amide bonds. The summed E-state index contributed by atoms with van der Waals surface area (Å²) < 4.78 is 10.9. The summed E-state index contributed by atoms with van der Waals surface area (Å²) in [4.78, 5) is 5.29. The van der Waals surface area contributed by atoms with Gasteiger partial charge in [-0.15, -0.1) is 0 Å². The second-order valence-corrected chi connectivity index (χ2v) is 7.52. The van der Waals surface area contributed by atoms with Crippen LogP contribution in [0.1, 0.15) is 42.5 Å². The molecule has 2 bridgehead atoms. The molecular weight excluding hydrogens is 352 g/mol. The summed E-state index contributed by atoms with van der Waals surface area (Å²) >= 11 is 0. The van der Waals surface area contributed by atoms with E-state index in [2.05, 4.69) is 46.9 Å². The van der Waals surface area contributed by atoms with Crippen LogP contribution in [0.4, 0.5) is 0 Å². The van der Waals surface area contributed by atoms with Crippen molar-refractivity contribution in [2.75, 3.05) is 21.3 Å². The Morgan fingerprint density at radius 3 is 1.82 bits per heavy atom. The number of ether oxygens (including phenoxy) is 2. The predicted octanol–water partition coefficient (Wildman–Crippen LogP) is 4.51. The maximum Gasteiger partial charge on any atom is 0.119 e. The largest absolute Gasteiger partial charge is 0.497 e. The number of fused-ring (bicyclic) bond motifs is 2. The van der Waals surface area contributed by atoms with Crippen molar-refractivity contribution in [3.63, 3.8) is 0 Å². The highest BCUT2D eigenvalue weighted by atomic mass is 16.6. The molecule has 2 aromatic carbocycles. The lowest BCUT2D eigenvalue weighted by Gasteiger charge is -2.47. The average molecular weight is 380 g/mol. The third-order valence-electron chi connectivity index (χ3n) is 6.06. The number of piperidine rings is 1. The van der Waals surface area contributed by atoms with Gasteiger partial charge in [-0.2, -0.15) is 0 Å². The Kier molecular flexibility index (Phi) is 5.53. The number of methoxy groups -OCH3 is 2. The highest BCUT2D eigenvalue weighted by Gasteiger charge is 2.45. The van der Waals surface area contributed by atoms with E-state index >= 15 is 0 Å². The van der Waals surface area contributed by atoms with Crippen molar-refractivity contribution in [3.8, 4) is 11.5 Å². The van der Waals surface area contributed by atoms with Crippen LogP contribution in [-0.2, 0) is 4.84 Å². The maximum atomic E-state index is 5.47. The summed E-state index contributed by atoms with van der Waals surface area (Å²) in [5.74, 6) is 2.40. The molecule has 1 heterocycles. The van der Waals surface area contributed by atoms with Crippen LogP contribution in [0.2, 0.25) is 0 Å². The van der Waals surface area contributed by atoms with E-state index in [-0.39, 0.29) is 12.1 Å². The molecule has 1 N–H and O–H groups in total. The zero-order valence-corrected chi connectivity index (χ0v) is 16.7. The molecule has 1 saturated carbocycles. The van der Waals surface area contributed by atoms with Crippen molar-refractivity contribution >= 4 is 5.71 Å². The third-order valence-corrected chi connectivity index (χ3v) is 6.06. The summed E-state index contributed by atoms with van der Waals surface area (Å²) in [5.41, 5.74) is 3.62. The van der Waals surface area contributed by atoms with Gasteiger partial charge in [-0.1, -0.05) is 35.8 Å². The van der Waals surface area contributed by atoms with Crippen LogP contribution >= 0.6 is 0 Å². The molecule has 0 spiro atoms. The van der Waals surface area contributed by atoms with Crippen molar-refractivity contribution in [3.05, 3.63) is 59.7 Å². The van der Waals surface area contributed by atoms with Crippen LogP contribution in [0.25, 0.3) is 0 Å². The molecule has 148 valence electrons. The van der Waals surface area contributed by atoms with Gasteiger partial charge in [0.2, 0.25) is 0 Å². The van der Waals surface area contributed by atoms with Gasteiger partial charge in [0.15, 0.2) is 0 Å². The molecule has 1 saturated heterocycles. The van der Waals surface area contributed by atoms with Crippen LogP contribution in [0, 0.1) is 11.8 Å². The van der Waals surface area contributed by atoms with Crippen molar-refractivity contribution in [2.24, 2.45) is 17.0 Å². The SMILES string of the molecule is CON=C1[C@H]2CCC[C@@H]1[C@H](c1cccc(OC)c1)N[C@@H]2c1cccc(OC)c1. The highest BCUT2D eigenvalue weighted by Crippen LogP contribution is 2.47. The van der Waals surface area contributed by atoms with Crippen molar-refractivity contribution in [1.29, 1.82) is 0 Å². The van der Waals surface area contributed by atoms with Crippen molar-refractivity contribution < 1.29 is 14.3 Å². The predicted molar refractivity (Wildman–Crippen MR) is 110 cm³/mol. The molecule has 2 aliphatic rings. The van der Waals surface area contributed by atoms with Crippen molar-refractivity contribution in [1.82, 2.24) is 5.32 Å². The molecule has 1 aliphatic heterocycles. The minimum atomic E-state index is 0.164. The zero-order chi connectivity index (χ0) is 19.5. The fraction of sp³-hybridized carbons (Fsp3) is 0.435. The average Bonchev–Trinajstić information content (AvgIpc) is 2.74. The molecular formula is C23H28N2O3. The van der Waals surface area contributed by atoms with Gasteiger partial charge in [0.05, 0.1) is 19.9 Å². The van der Waals surface area contributed by atoms with E-state index in [0.29, 0.717) is 11.8 Å². The van der Waals surface area contributed by atoms with Gasteiger partial charge in [0.25, 0.3) is 0 Å². The molecule has 4 rings (SSSR count). The standard InChI is InChI=1S/C23H28N2O3/c1-26-17-9-4-7-15(13-17)21-19-11-6-12-20(23(19)25-28-3)22(24-21)16-8-5-10-18(14-16)27-2/h4-5,7-10,13-14,19-22,24H,6,11-12H2,1-3H3/t19-,20+,21+,22-. The van der Waals surface area contributed by atoms with Gasteiger partial charge in [-0.3, -0.25) is 0 Å². The van der Waals surface area contributed by atoms with Gasteiger partial charge in [-0.25, -0.2) is 0 Å². The lowest BCUT2D eigenvalue weighted by atomic mass is 9.67. The molecule has 0 radical (unpaired) electrons. The molecule has 0 aromatic heterocycles. The lowest BCUT2D eigenvalue weighted by molar-refractivity contribution is 0.180. The highest BCUT2D eigenvalue weighted by molar-refractivity contribution is 5.91. The molecule has 2 aromatic rings. The first kappa shape index (κ1) is 18.8. The topological polar surface area (TPSA) is 52.1 Å². The number of nitrogens with one attached hydrogen (secondary N) is 1. The minimum Gasteiger partial charge on any atom is -0.497 e. The van der Waals surface area contributed by atoms with E-state index in [1.165, 1.54) is 23.3 Å². The third kappa shape index (κ3) is 3.47. The van der Waals surface area contributed by atoms with Crippen LogP contribution < -0.4 is 14.8 Å². The summed E-state index contributed by atoms with van der Waals surface area (Å²) in [6.07, 6.45) is 3.41. The molecule has 2 fully saturated rings. The Morgan fingerprint density at radius 2 is 1.36 bits per heavy atom. The second-order valence-electron chi connectivity index (χ2n) is 7.52. The molecule has 5 heteroatoms. The van der Waals surface area contributed by atoms with E-state index < -0.39 is 0 Å². The summed E-state index contributed by atoms with van der Waals surface area (Å²) in [6, 6.07) is 17.0. The lowest BCUT2D eigenvalue weighted by Crippen LogP contribution is -2.50. The first-order valence-electron chi connectivity index (χ1n) is 9.90. The number of oxime groups is 1. The quantitative estimate of drug-likeness (QED) is 0.776. The van der Waals surface area contributed by atoms with E-state index in [4.69, 9.17) is 14.3 Å². The van der Waals surface area contributed by atoms with Crippen LogP contribution in [0.15, 0.2) is 53.7 Å². The molecule has 28 heavy (non-hydrogen) atoms. The van der Waals surface area contributed by atoms with E-state index in [1.807, 2.05) is 12.1 Å². The summed E-state index contributed by atoms with van der Waals surface area (Å²) in [5, 5.41) is 8.45. The van der Waals surface area contributed by atoms with E-state index in [0.717, 1.165) is 24.3 Å². The number of rotatable bonds is 5. The Morgan fingerprint density at radius 1 is 0.821 bits per heavy atom. The van der Waals surface area contributed by atoms with Crippen molar-refractivity contribution in [2.45, 2.75) is 31.3 Å². The Bertz CT molecular complexity index is 788. The maximum absolute atomic E-state index is 5.47. The zero-order valence-electron chi connectivity index (χ0n) is 16.7. The Balaban J connectivity index is 1.77. The summed E-state index contributed by atoms with van der Waals surface area (Å²) in [6.45, 7) is 0. The van der Waals surface area contributed by atoms with Gasteiger partial charge < -0.3 is 19.6 Å². The molecule has 1 aliphatic carbocycles. The normalized spacial score (nSPS) is 28.0. The number of hydrogen-bond acceptors (Lipinski definition) is 5. The fourth-order valence-corrected chi connectivity index (χ4v) is 4.80. The first-order chi connectivity index (χ1) is 13.7. The minimum absolute atomic E-state index is 0.164. The second kappa shape index (κ2) is 8.23. The van der Waals surface area contributed by atoms with Gasteiger partial charge in [0.1, 0.15) is 18.6 Å². The van der Waals surface area contributed by atoms with E-state index in [1.54, 1.807) is 21.3 Å². The smallest absolute Gasteiger partial charge is 0.119 e. The summed E-state index contributed by atoms with van der Waals surface area (Å²) in [7, 11) is 5.06. The molecule has 5 nitrogen and oxygen atoms in total. The number of hydrogen-bond donors (Lipinski definition) is 1. The first-order valence-corrected chi connectivity index (χ1v) is 9.90. The molecule has 0 unspecified atom stereocenters. The van der Waals surface area contributed by atoms with Gasteiger partial charge in [-0.05, 0) is 48.2 Å². The fourth-order valence-electron chi connectivity index (χ4n) is 4.80. The monoisotopic (exact) mass is 380 g/mol. The van der Waals surface area contributed by atoms with Crippen LogP contribution in [0.3, 0.4) is 0 Å². The van der Waals surface area contributed by atoms with Gasteiger partial charge >= 0.3 is 0 Å². The van der Waals surface area contributed by atoms with E-state index in [9.17, 15) is 0 Å². The number of benzene rings is 2. The number of nitrogens with zero attached hydrogens (tertiary/aromatic N) is 1. The van der Waals surface area contributed by atoms with Gasteiger partial charge in [0, 0.05) is 23.9 Å². The Hall–Kier alpha value is -2.53. The van der Waals surface area contributed by atoms with Crippen LogP contribution in [-0.4, -0.2) is 27.0 Å². The molecule has 4 atom stereocenters. The Labute approximate surface area is 166 Å². The van der Waals surface area contributed by atoms with Crippen LogP contribution in [0.5, 0.6) is 11.5 Å².